The van der Waals surface area contributed by atoms with Gasteiger partial charge in [0.15, 0.2) is 0 Å². The lowest BCUT2D eigenvalue weighted by Gasteiger charge is -2.07. The topological polar surface area (TPSA) is 79.5 Å². The van der Waals surface area contributed by atoms with Crippen LogP contribution in [0.5, 0.6) is 0 Å². The number of hydrogen-bond donors (Lipinski definition) is 3. The standard InChI is InChI=1S/C13H21N3O3S/c1-19-9-8-14-12(17)5-7-16-13(18)15-6-4-11-3-2-10-20-11/h2-3,10H,4-9H2,1H3,(H,14,17)(H2,15,16,18). The third-order valence-corrected chi connectivity index (χ3v) is 3.44. The van der Waals surface area contributed by atoms with Gasteiger partial charge >= 0.3 is 6.03 Å². The third kappa shape index (κ3) is 7.75. The van der Waals surface area contributed by atoms with E-state index in [0.29, 0.717) is 26.2 Å². The normalized spacial score (nSPS) is 10.1. The molecule has 0 unspecified atom stereocenters. The Morgan fingerprint density at radius 1 is 1.20 bits per heavy atom. The molecule has 0 aliphatic carbocycles. The first-order chi connectivity index (χ1) is 9.72. The molecule has 1 heterocycles. The molecular weight excluding hydrogens is 278 g/mol. The van der Waals surface area contributed by atoms with E-state index in [4.69, 9.17) is 4.74 Å². The van der Waals surface area contributed by atoms with Crippen LogP contribution in [-0.2, 0) is 16.0 Å². The maximum Gasteiger partial charge on any atom is 0.314 e. The zero-order valence-electron chi connectivity index (χ0n) is 11.6. The van der Waals surface area contributed by atoms with E-state index in [9.17, 15) is 9.59 Å². The van der Waals surface area contributed by atoms with E-state index in [1.54, 1.807) is 18.4 Å². The summed E-state index contributed by atoms with van der Waals surface area (Å²) in [6.07, 6.45) is 1.09. The fraction of sp³-hybridized carbons (Fsp3) is 0.538. The van der Waals surface area contributed by atoms with Crippen molar-refractivity contribution in [3.8, 4) is 0 Å². The molecular formula is C13H21N3O3S. The molecule has 0 aliphatic heterocycles. The SMILES string of the molecule is COCCNC(=O)CCNC(=O)NCCc1cccs1. The monoisotopic (exact) mass is 299 g/mol. The van der Waals surface area contributed by atoms with E-state index in [2.05, 4.69) is 16.0 Å². The number of amides is 3. The van der Waals surface area contributed by atoms with Gasteiger partial charge in [-0.25, -0.2) is 4.79 Å². The predicted molar refractivity (Wildman–Crippen MR) is 78.9 cm³/mol. The molecule has 112 valence electrons. The van der Waals surface area contributed by atoms with Gasteiger partial charge in [-0.05, 0) is 17.9 Å². The zero-order chi connectivity index (χ0) is 14.6. The van der Waals surface area contributed by atoms with Gasteiger partial charge in [-0.2, -0.15) is 0 Å². The Bertz CT molecular complexity index is 396. The van der Waals surface area contributed by atoms with Crippen molar-refractivity contribution in [1.29, 1.82) is 0 Å². The second-order valence-electron chi connectivity index (χ2n) is 4.10. The third-order valence-electron chi connectivity index (χ3n) is 2.50. The Morgan fingerprint density at radius 3 is 2.70 bits per heavy atom. The number of rotatable bonds is 9. The van der Waals surface area contributed by atoms with Gasteiger partial charge in [0.25, 0.3) is 0 Å². The summed E-state index contributed by atoms with van der Waals surface area (Å²) in [6, 6.07) is 3.78. The number of carbonyl (C=O) groups is 2. The first-order valence-electron chi connectivity index (χ1n) is 6.52. The quantitative estimate of drug-likeness (QED) is 0.589. The average molecular weight is 299 g/mol. The van der Waals surface area contributed by atoms with E-state index in [1.807, 2.05) is 17.5 Å². The molecule has 0 aromatic carbocycles. The van der Waals surface area contributed by atoms with Gasteiger partial charge in [-0.1, -0.05) is 6.07 Å². The lowest BCUT2D eigenvalue weighted by Crippen LogP contribution is -2.38. The van der Waals surface area contributed by atoms with Crippen molar-refractivity contribution in [3.05, 3.63) is 22.4 Å². The summed E-state index contributed by atoms with van der Waals surface area (Å²) < 4.78 is 4.82. The van der Waals surface area contributed by atoms with Gasteiger partial charge in [-0.15, -0.1) is 11.3 Å². The Morgan fingerprint density at radius 2 is 2.00 bits per heavy atom. The lowest BCUT2D eigenvalue weighted by atomic mass is 10.3. The summed E-state index contributed by atoms with van der Waals surface area (Å²) in [4.78, 5) is 24.0. The summed E-state index contributed by atoms with van der Waals surface area (Å²) in [6.45, 7) is 1.89. The van der Waals surface area contributed by atoms with Crippen molar-refractivity contribution in [2.45, 2.75) is 12.8 Å². The maximum atomic E-state index is 11.4. The van der Waals surface area contributed by atoms with Crippen LogP contribution in [0.2, 0.25) is 0 Å². The fourth-order valence-electron chi connectivity index (χ4n) is 1.49. The van der Waals surface area contributed by atoms with Crippen LogP contribution in [-0.4, -0.2) is 45.3 Å². The molecule has 0 atom stereocenters. The highest BCUT2D eigenvalue weighted by Crippen LogP contribution is 2.07. The van der Waals surface area contributed by atoms with Crippen LogP contribution in [0.15, 0.2) is 17.5 Å². The van der Waals surface area contributed by atoms with Crippen LogP contribution in [0.1, 0.15) is 11.3 Å². The number of nitrogens with one attached hydrogen (secondary N) is 3. The van der Waals surface area contributed by atoms with Crippen LogP contribution >= 0.6 is 11.3 Å². The number of carbonyl (C=O) groups excluding carboxylic acids is 2. The van der Waals surface area contributed by atoms with Gasteiger partial charge in [0, 0.05) is 38.0 Å². The van der Waals surface area contributed by atoms with E-state index >= 15 is 0 Å². The van der Waals surface area contributed by atoms with Crippen molar-refractivity contribution in [1.82, 2.24) is 16.0 Å². The fourth-order valence-corrected chi connectivity index (χ4v) is 2.20. The van der Waals surface area contributed by atoms with E-state index in [-0.39, 0.29) is 18.4 Å². The molecule has 0 spiro atoms. The molecule has 3 N–H and O–H groups in total. The molecule has 20 heavy (non-hydrogen) atoms. The van der Waals surface area contributed by atoms with Crippen LogP contribution in [0.4, 0.5) is 4.79 Å². The highest BCUT2D eigenvalue weighted by Gasteiger charge is 2.03. The molecule has 1 aromatic rings. The predicted octanol–water partition coefficient (Wildman–Crippen LogP) is 0.743. The number of ether oxygens (including phenoxy) is 1. The largest absolute Gasteiger partial charge is 0.383 e. The van der Waals surface area contributed by atoms with Gasteiger partial charge < -0.3 is 20.7 Å². The van der Waals surface area contributed by atoms with Crippen molar-refractivity contribution < 1.29 is 14.3 Å². The average Bonchev–Trinajstić information content (AvgIpc) is 2.92. The summed E-state index contributed by atoms with van der Waals surface area (Å²) in [7, 11) is 1.58. The zero-order valence-corrected chi connectivity index (χ0v) is 12.4. The van der Waals surface area contributed by atoms with Crippen molar-refractivity contribution in [2.24, 2.45) is 0 Å². The highest BCUT2D eigenvalue weighted by atomic mass is 32.1. The van der Waals surface area contributed by atoms with Crippen LogP contribution in [0.3, 0.4) is 0 Å². The highest BCUT2D eigenvalue weighted by molar-refractivity contribution is 7.09. The maximum absolute atomic E-state index is 11.4. The lowest BCUT2D eigenvalue weighted by molar-refractivity contribution is -0.121. The second-order valence-corrected chi connectivity index (χ2v) is 5.14. The van der Waals surface area contributed by atoms with E-state index < -0.39 is 0 Å². The van der Waals surface area contributed by atoms with E-state index in [0.717, 1.165) is 6.42 Å². The number of thiophene rings is 1. The molecule has 0 saturated heterocycles. The van der Waals surface area contributed by atoms with Crippen LogP contribution in [0, 0.1) is 0 Å². The van der Waals surface area contributed by atoms with E-state index in [1.165, 1.54) is 4.88 Å². The first kappa shape index (κ1) is 16.5. The second kappa shape index (κ2) is 10.2. The van der Waals surface area contributed by atoms with Gasteiger partial charge in [0.1, 0.15) is 0 Å². The Hall–Kier alpha value is -1.60. The minimum absolute atomic E-state index is 0.0964. The molecule has 7 heteroatoms. The molecule has 1 aromatic heterocycles. The number of urea groups is 1. The Balaban J connectivity index is 1.98. The molecule has 3 amide bonds. The molecule has 6 nitrogen and oxygen atoms in total. The smallest absolute Gasteiger partial charge is 0.314 e. The summed E-state index contributed by atoms with van der Waals surface area (Å²) in [5, 5.41) is 10.1. The molecule has 0 saturated carbocycles. The molecule has 0 bridgehead atoms. The van der Waals surface area contributed by atoms with Crippen molar-refractivity contribution in [2.75, 3.05) is 33.4 Å². The first-order valence-corrected chi connectivity index (χ1v) is 7.40. The van der Waals surface area contributed by atoms with Gasteiger partial charge in [0.2, 0.25) is 5.91 Å². The number of methoxy groups -OCH3 is 1. The molecule has 0 fully saturated rings. The molecule has 0 aliphatic rings. The number of hydrogen-bond acceptors (Lipinski definition) is 4. The Kier molecular flexibility index (Phi) is 8.41. The van der Waals surface area contributed by atoms with Crippen molar-refractivity contribution in [3.63, 3.8) is 0 Å². The minimum atomic E-state index is -0.244. The van der Waals surface area contributed by atoms with Gasteiger partial charge in [0.05, 0.1) is 6.61 Å². The Labute approximate surface area is 122 Å². The van der Waals surface area contributed by atoms with Gasteiger partial charge in [-0.3, -0.25) is 4.79 Å². The van der Waals surface area contributed by atoms with Crippen LogP contribution < -0.4 is 16.0 Å². The summed E-state index contributed by atoms with van der Waals surface area (Å²) in [5.41, 5.74) is 0. The minimum Gasteiger partial charge on any atom is -0.383 e. The summed E-state index contributed by atoms with van der Waals surface area (Å²) in [5.74, 6) is -0.0964. The van der Waals surface area contributed by atoms with Crippen molar-refractivity contribution >= 4 is 23.3 Å². The molecule has 0 radical (unpaired) electrons. The molecule has 1 rings (SSSR count). The summed E-state index contributed by atoms with van der Waals surface area (Å²) >= 11 is 1.67. The van der Waals surface area contributed by atoms with Crippen LogP contribution in [0.25, 0.3) is 0 Å².